The van der Waals surface area contributed by atoms with E-state index in [1.807, 2.05) is 18.5 Å². The predicted octanol–water partition coefficient (Wildman–Crippen LogP) is 3.07. The van der Waals surface area contributed by atoms with Gasteiger partial charge in [-0.1, -0.05) is 11.6 Å². The predicted molar refractivity (Wildman–Crippen MR) is 70.9 cm³/mol. The molecular weight excluding hydrogens is 252 g/mol. The van der Waals surface area contributed by atoms with Crippen LogP contribution >= 0.6 is 11.6 Å². The van der Waals surface area contributed by atoms with Crippen LogP contribution in [0.5, 0.6) is 0 Å². The van der Waals surface area contributed by atoms with E-state index in [2.05, 4.69) is 10.3 Å². The number of aromatic amines is 1. The molecule has 4 nitrogen and oxygen atoms in total. The molecule has 0 radical (unpaired) electrons. The highest BCUT2D eigenvalue weighted by atomic mass is 35.5. The van der Waals surface area contributed by atoms with Crippen molar-refractivity contribution in [3.63, 3.8) is 0 Å². The summed E-state index contributed by atoms with van der Waals surface area (Å²) in [6.45, 7) is 0.605. The number of halogens is 1. The Balaban J connectivity index is 2.19. The fourth-order valence-electron chi connectivity index (χ4n) is 1.62. The highest BCUT2D eigenvalue weighted by molar-refractivity contribution is 6.31. The summed E-state index contributed by atoms with van der Waals surface area (Å²) < 4.78 is 4.73. The van der Waals surface area contributed by atoms with Crippen molar-refractivity contribution in [1.82, 2.24) is 4.98 Å². The number of esters is 1. The highest BCUT2D eigenvalue weighted by Gasteiger charge is 2.11. The third kappa shape index (κ3) is 2.84. The van der Waals surface area contributed by atoms with Gasteiger partial charge in [-0.15, -0.1) is 0 Å². The Morgan fingerprint density at radius 1 is 1.44 bits per heavy atom. The quantitative estimate of drug-likeness (QED) is 0.835. The van der Waals surface area contributed by atoms with Gasteiger partial charge in [0, 0.05) is 24.0 Å². The third-order valence-corrected chi connectivity index (χ3v) is 2.77. The van der Waals surface area contributed by atoms with Crippen LogP contribution in [-0.2, 0) is 11.3 Å². The number of carbonyl (C=O) groups is 1. The molecule has 0 amide bonds. The molecule has 2 rings (SSSR count). The van der Waals surface area contributed by atoms with Gasteiger partial charge in [0.1, 0.15) is 0 Å². The van der Waals surface area contributed by atoms with Gasteiger partial charge >= 0.3 is 5.97 Å². The number of methoxy groups -OCH3 is 1. The van der Waals surface area contributed by atoms with Gasteiger partial charge in [0.2, 0.25) is 0 Å². The molecular formula is C13H13ClN2O2. The Labute approximate surface area is 110 Å². The summed E-state index contributed by atoms with van der Waals surface area (Å²) in [5.41, 5.74) is 2.22. The molecule has 0 aliphatic rings. The van der Waals surface area contributed by atoms with Crippen LogP contribution in [0.3, 0.4) is 0 Å². The molecule has 0 saturated carbocycles. The second kappa shape index (κ2) is 5.60. The number of nitrogens with one attached hydrogen (secondary N) is 2. The molecule has 1 heterocycles. The first kappa shape index (κ1) is 12.5. The van der Waals surface area contributed by atoms with E-state index < -0.39 is 0 Å². The Morgan fingerprint density at radius 2 is 2.28 bits per heavy atom. The molecule has 1 aromatic carbocycles. The zero-order valence-corrected chi connectivity index (χ0v) is 10.6. The zero-order chi connectivity index (χ0) is 13.0. The molecule has 1 aromatic heterocycles. The largest absolute Gasteiger partial charge is 0.465 e. The van der Waals surface area contributed by atoms with Crippen molar-refractivity contribution in [2.24, 2.45) is 0 Å². The summed E-state index contributed by atoms with van der Waals surface area (Å²) in [6, 6.07) is 6.97. The lowest BCUT2D eigenvalue weighted by atomic mass is 10.1. The summed E-state index contributed by atoms with van der Waals surface area (Å²) in [7, 11) is 1.35. The van der Waals surface area contributed by atoms with Crippen LogP contribution in [0.2, 0.25) is 5.02 Å². The van der Waals surface area contributed by atoms with Crippen molar-refractivity contribution >= 4 is 23.3 Å². The summed E-state index contributed by atoms with van der Waals surface area (Å²) >= 11 is 5.93. The first-order chi connectivity index (χ1) is 8.70. The van der Waals surface area contributed by atoms with Gasteiger partial charge < -0.3 is 15.0 Å². The number of hydrogen-bond donors (Lipinski definition) is 2. The van der Waals surface area contributed by atoms with Gasteiger partial charge in [-0.3, -0.25) is 0 Å². The Bertz CT molecular complexity index is 538. The fraction of sp³-hybridized carbons (Fsp3) is 0.154. The minimum absolute atomic E-state index is 0.386. The summed E-state index contributed by atoms with van der Waals surface area (Å²) in [5.74, 6) is -0.386. The normalized spacial score (nSPS) is 10.1. The topological polar surface area (TPSA) is 54.1 Å². The van der Waals surface area contributed by atoms with Crippen molar-refractivity contribution in [1.29, 1.82) is 0 Å². The zero-order valence-electron chi connectivity index (χ0n) is 9.87. The molecule has 0 unspecified atom stereocenters. The first-order valence-electron chi connectivity index (χ1n) is 5.44. The van der Waals surface area contributed by atoms with Crippen LogP contribution in [0, 0.1) is 0 Å². The number of carbonyl (C=O) groups excluding carboxylic acids is 1. The van der Waals surface area contributed by atoms with E-state index in [1.54, 1.807) is 18.2 Å². The SMILES string of the molecule is COC(=O)c1ccc(Cl)cc1NCc1cc[nH]c1. The van der Waals surface area contributed by atoms with Crippen molar-refractivity contribution in [2.75, 3.05) is 12.4 Å². The molecule has 2 aromatic rings. The number of benzene rings is 1. The van der Waals surface area contributed by atoms with Crippen LogP contribution in [0.4, 0.5) is 5.69 Å². The van der Waals surface area contributed by atoms with Gasteiger partial charge in [0.25, 0.3) is 0 Å². The lowest BCUT2D eigenvalue weighted by Crippen LogP contribution is -2.08. The van der Waals surface area contributed by atoms with Crippen molar-refractivity contribution < 1.29 is 9.53 Å². The average Bonchev–Trinajstić information content (AvgIpc) is 2.88. The molecule has 0 aliphatic heterocycles. The molecule has 0 spiro atoms. The van der Waals surface area contributed by atoms with Crippen molar-refractivity contribution in [2.45, 2.75) is 6.54 Å². The lowest BCUT2D eigenvalue weighted by molar-refractivity contribution is 0.0602. The van der Waals surface area contributed by atoms with Crippen LogP contribution in [0.15, 0.2) is 36.7 Å². The molecule has 0 saturated heterocycles. The van der Waals surface area contributed by atoms with Crippen LogP contribution in [0.25, 0.3) is 0 Å². The second-order valence-corrected chi connectivity index (χ2v) is 4.19. The number of rotatable bonds is 4. The summed E-state index contributed by atoms with van der Waals surface area (Å²) in [4.78, 5) is 14.6. The van der Waals surface area contributed by atoms with E-state index in [1.165, 1.54) is 7.11 Å². The van der Waals surface area contributed by atoms with Crippen LogP contribution < -0.4 is 5.32 Å². The molecule has 0 fully saturated rings. The number of H-pyrrole nitrogens is 1. The molecule has 0 aliphatic carbocycles. The number of aromatic nitrogens is 1. The Hall–Kier alpha value is -1.94. The average molecular weight is 265 g/mol. The highest BCUT2D eigenvalue weighted by Crippen LogP contribution is 2.22. The lowest BCUT2D eigenvalue weighted by Gasteiger charge is -2.10. The monoisotopic (exact) mass is 264 g/mol. The Morgan fingerprint density at radius 3 is 2.94 bits per heavy atom. The van der Waals surface area contributed by atoms with E-state index in [-0.39, 0.29) is 5.97 Å². The molecule has 18 heavy (non-hydrogen) atoms. The number of hydrogen-bond acceptors (Lipinski definition) is 3. The fourth-order valence-corrected chi connectivity index (χ4v) is 1.79. The van der Waals surface area contributed by atoms with Gasteiger partial charge in [0.05, 0.1) is 18.4 Å². The van der Waals surface area contributed by atoms with Gasteiger partial charge in [0.15, 0.2) is 0 Å². The van der Waals surface area contributed by atoms with E-state index in [9.17, 15) is 4.79 Å². The van der Waals surface area contributed by atoms with Gasteiger partial charge in [-0.2, -0.15) is 0 Å². The maximum atomic E-state index is 11.6. The Kier molecular flexibility index (Phi) is 3.89. The smallest absolute Gasteiger partial charge is 0.339 e. The van der Waals surface area contributed by atoms with Crippen molar-refractivity contribution in [3.05, 3.63) is 52.8 Å². The van der Waals surface area contributed by atoms with Gasteiger partial charge in [-0.05, 0) is 29.8 Å². The first-order valence-corrected chi connectivity index (χ1v) is 5.82. The minimum atomic E-state index is -0.386. The van der Waals surface area contributed by atoms with E-state index in [0.29, 0.717) is 22.8 Å². The summed E-state index contributed by atoms with van der Waals surface area (Å²) in [5, 5.41) is 3.74. The number of anilines is 1. The second-order valence-electron chi connectivity index (χ2n) is 3.75. The molecule has 5 heteroatoms. The van der Waals surface area contributed by atoms with Gasteiger partial charge in [-0.25, -0.2) is 4.79 Å². The molecule has 2 N–H and O–H groups in total. The third-order valence-electron chi connectivity index (χ3n) is 2.53. The number of ether oxygens (including phenoxy) is 1. The molecule has 0 bridgehead atoms. The van der Waals surface area contributed by atoms with E-state index in [4.69, 9.17) is 16.3 Å². The molecule has 94 valence electrons. The standard InChI is InChI=1S/C13H13ClN2O2/c1-18-13(17)11-3-2-10(14)6-12(11)16-8-9-4-5-15-7-9/h2-7,15-16H,8H2,1H3. The molecule has 0 atom stereocenters. The van der Waals surface area contributed by atoms with Crippen molar-refractivity contribution in [3.8, 4) is 0 Å². The maximum Gasteiger partial charge on any atom is 0.339 e. The van der Waals surface area contributed by atoms with E-state index in [0.717, 1.165) is 5.56 Å². The van der Waals surface area contributed by atoms with E-state index >= 15 is 0 Å². The minimum Gasteiger partial charge on any atom is -0.465 e. The summed E-state index contributed by atoms with van der Waals surface area (Å²) in [6.07, 6.45) is 3.73. The maximum absolute atomic E-state index is 11.6. The van der Waals surface area contributed by atoms with Crippen LogP contribution in [-0.4, -0.2) is 18.1 Å². The van der Waals surface area contributed by atoms with Crippen LogP contribution in [0.1, 0.15) is 15.9 Å².